The molecule has 0 saturated heterocycles. The smallest absolute Gasteiger partial charge is 0.155 e. The predicted molar refractivity (Wildman–Crippen MR) is 67.3 cm³/mol. The number of hydrogen-bond donors (Lipinski definition) is 1. The molecule has 0 spiro atoms. The number of aryl methyl sites for hydroxylation is 1. The quantitative estimate of drug-likeness (QED) is 0.848. The van der Waals surface area contributed by atoms with Gasteiger partial charge in [0, 0.05) is 5.41 Å². The molecule has 0 radical (unpaired) electrons. The molecule has 2 nitrogen and oxygen atoms in total. The van der Waals surface area contributed by atoms with Crippen LogP contribution in [0.25, 0.3) is 0 Å². The molecule has 1 aromatic rings. The molecule has 1 aromatic carbocycles. The van der Waals surface area contributed by atoms with Crippen molar-refractivity contribution in [3.63, 3.8) is 0 Å². The Morgan fingerprint density at radius 3 is 2.19 bits per heavy atom. The zero-order valence-corrected chi connectivity index (χ0v) is 10.6. The number of Topliss-reactive ketones (excluding diaryl/α,β-unsaturated/α-hetero) is 1. The number of benzene rings is 1. The second kappa shape index (κ2) is 4.79. The Kier molecular flexibility index (Phi) is 3.87. The normalized spacial score (nSPS) is 13.6. The Labute approximate surface area is 97.9 Å². The highest BCUT2D eigenvalue weighted by Gasteiger charge is 2.26. The lowest BCUT2D eigenvalue weighted by Gasteiger charge is -2.21. The predicted octanol–water partition coefficient (Wildman–Crippen LogP) is 2.48. The van der Waals surface area contributed by atoms with Gasteiger partial charge in [-0.05, 0) is 18.9 Å². The van der Waals surface area contributed by atoms with E-state index >= 15 is 0 Å². The summed E-state index contributed by atoms with van der Waals surface area (Å²) in [6.07, 6.45) is 0.621. The first-order valence-corrected chi connectivity index (χ1v) is 5.66. The second-order valence-corrected chi connectivity index (χ2v) is 5.41. The fourth-order valence-electron chi connectivity index (χ4n) is 1.63. The summed E-state index contributed by atoms with van der Waals surface area (Å²) in [4.78, 5) is 11.9. The third kappa shape index (κ3) is 3.46. The largest absolute Gasteiger partial charge is 0.321 e. The summed E-state index contributed by atoms with van der Waals surface area (Å²) in [6.45, 7) is 7.77. The lowest BCUT2D eigenvalue weighted by atomic mass is 9.84. The molecule has 0 aliphatic heterocycles. The van der Waals surface area contributed by atoms with Gasteiger partial charge in [0.2, 0.25) is 0 Å². The molecule has 88 valence electrons. The molecule has 0 fully saturated rings. The molecular formula is C14H21NO. The number of hydrogen-bond acceptors (Lipinski definition) is 2. The van der Waals surface area contributed by atoms with E-state index in [1.807, 2.05) is 52.0 Å². The summed E-state index contributed by atoms with van der Waals surface area (Å²) in [5, 5.41) is 0. The van der Waals surface area contributed by atoms with Crippen molar-refractivity contribution in [3.8, 4) is 0 Å². The van der Waals surface area contributed by atoms with E-state index < -0.39 is 6.04 Å². The molecule has 0 saturated carbocycles. The van der Waals surface area contributed by atoms with Crippen molar-refractivity contribution in [3.05, 3.63) is 35.4 Å². The van der Waals surface area contributed by atoms with E-state index in [-0.39, 0.29) is 11.2 Å². The van der Waals surface area contributed by atoms with Gasteiger partial charge in [-0.15, -0.1) is 0 Å². The van der Waals surface area contributed by atoms with Gasteiger partial charge in [-0.2, -0.15) is 0 Å². The average Bonchev–Trinajstić information content (AvgIpc) is 2.19. The first-order chi connectivity index (χ1) is 7.30. The molecule has 0 aliphatic carbocycles. The Bertz CT molecular complexity index is 359. The maximum atomic E-state index is 11.9. The van der Waals surface area contributed by atoms with E-state index in [0.717, 1.165) is 5.56 Å². The first-order valence-electron chi connectivity index (χ1n) is 5.66. The summed E-state index contributed by atoms with van der Waals surface area (Å²) in [5.41, 5.74) is 7.91. The summed E-state index contributed by atoms with van der Waals surface area (Å²) in [7, 11) is 0. The summed E-state index contributed by atoms with van der Waals surface area (Å²) in [6, 6.07) is 7.76. The fourth-order valence-corrected chi connectivity index (χ4v) is 1.63. The zero-order valence-electron chi connectivity index (χ0n) is 10.6. The fraction of sp³-hybridized carbons (Fsp3) is 0.500. The van der Waals surface area contributed by atoms with Crippen LogP contribution in [0.3, 0.4) is 0 Å². The van der Waals surface area contributed by atoms with Crippen molar-refractivity contribution in [1.29, 1.82) is 0 Å². The first kappa shape index (κ1) is 12.9. The van der Waals surface area contributed by atoms with Crippen LogP contribution in [-0.2, 0) is 11.2 Å². The topological polar surface area (TPSA) is 43.1 Å². The average molecular weight is 219 g/mol. The molecule has 0 aliphatic rings. The van der Waals surface area contributed by atoms with Crippen molar-refractivity contribution >= 4 is 5.78 Å². The van der Waals surface area contributed by atoms with Crippen LogP contribution >= 0.6 is 0 Å². The Morgan fingerprint density at radius 2 is 1.75 bits per heavy atom. The van der Waals surface area contributed by atoms with Gasteiger partial charge in [-0.1, -0.05) is 50.6 Å². The van der Waals surface area contributed by atoms with E-state index in [0.29, 0.717) is 6.42 Å². The van der Waals surface area contributed by atoms with Gasteiger partial charge >= 0.3 is 0 Å². The SMILES string of the molecule is Cc1ccc(C[C@H](N)C(=O)C(C)(C)C)cc1. The van der Waals surface area contributed by atoms with Gasteiger partial charge < -0.3 is 5.73 Å². The molecule has 1 atom stereocenters. The van der Waals surface area contributed by atoms with Gasteiger partial charge in [0.15, 0.2) is 5.78 Å². The standard InChI is InChI=1S/C14H21NO/c1-10-5-7-11(8-6-10)9-12(15)13(16)14(2,3)4/h5-8,12H,9,15H2,1-4H3/t12-/m0/s1. The summed E-state index contributed by atoms with van der Waals surface area (Å²) < 4.78 is 0. The molecule has 16 heavy (non-hydrogen) atoms. The van der Waals surface area contributed by atoms with Gasteiger partial charge in [0.05, 0.1) is 6.04 Å². The maximum Gasteiger partial charge on any atom is 0.155 e. The summed E-state index contributed by atoms with van der Waals surface area (Å²) >= 11 is 0. The number of carbonyl (C=O) groups excluding carboxylic acids is 1. The van der Waals surface area contributed by atoms with Crippen LogP contribution in [0.2, 0.25) is 0 Å². The molecule has 1 rings (SSSR count). The van der Waals surface area contributed by atoms with Crippen LogP contribution in [-0.4, -0.2) is 11.8 Å². The highest BCUT2D eigenvalue weighted by atomic mass is 16.1. The van der Waals surface area contributed by atoms with Gasteiger partial charge in [0.25, 0.3) is 0 Å². The molecular weight excluding hydrogens is 198 g/mol. The van der Waals surface area contributed by atoms with Crippen LogP contribution < -0.4 is 5.73 Å². The van der Waals surface area contributed by atoms with E-state index in [1.165, 1.54) is 5.56 Å². The van der Waals surface area contributed by atoms with Gasteiger partial charge in [0.1, 0.15) is 0 Å². The Morgan fingerprint density at radius 1 is 1.25 bits per heavy atom. The third-order valence-electron chi connectivity index (χ3n) is 2.65. The van der Waals surface area contributed by atoms with Crippen molar-refractivity contribution in [1.82, 2.24) is 0 Å². The minimum atomic E-state index is -0.400. The highest BCUT2D eigenvalue weighted by Crippen LogP contribution is 2.18. The Hall–Kier alpha value is -1.15. The number of carbonyl (C=O) groups is 1. The van der Waals surface area contributed by atoms with Crippen LogP contribution in [0.15, 0.2) is 24.3 Å². The van der Waals surface area contributed by atoms with Crippen molar-refractivity contribution in [2.24, 2.45) is 11.1 Å². The highest BCUT2D eigenvalue weighted by molar-refractivity contribution is 5.88. The zero-order chi connectivity index (χ0) is 12.3. The number of rotatable bonds is 3. The molecule has 0 heterocycles. The van der Waals surface area contributed by atoms with Crippen LogP contribution in [0, 0.1) is 12.3 Å². The van der Waals surface area contributed by atoms with E-state index in [9.17, 15) is 4.79 Å². The number of nitrogens with two attached hydrogens (primary N) is 1. The van der Waals surface area contributed by atoms with Crippen molar-refractivity contribution in [2.45, 2.75) is 40.2 Å². The van der Waals surface area contributed by atoms with E-state index in [4.69, 9.17) is 5.73 Å². The minimum Gasteiger partial charge on any atom is -0.321 e. The lowest BCUT2D eigenvalue weighted by Crippen LogP contribution is -2.40. The molecule has 0 aromatic heterocycles. The maximum absolute atomic E-state index is 11.9. The van der Waals surface area contributed by atoms with E-state index in [1.54, 1.807) is 0 Å². The second-order valence-electron chi connectivity index (χ2n) is 5.41. The third-order valence-corrected chi connectivity index (χ3v) is 2.65. The Balaban J connectivity index is 2.68. The summed E-state index contributed by atoms with van der Waals surface area (Å²) in [5.74, 6) is 0.119. The van der Waals surface area contributed by atoms with Gasteiger partial charge in [-0.25, -0.2) is 0 Å². The molecule has 0 bridgehead atoms. The molecule has 2 N–H and O–H groups in total. The monoisotopic (exact) mass is 219 g/mol. The number of ketones is 1. The van der Waals surface area contributed by atoms with E-state index in [2.05, 4.69) is 0 Å². The van der Waals surface area contributed by atoms with Crippen molar-refractivity contribution < 1.29 is 4.79 Å². The van der Waals surface area contributed by atoms with Crippen LogP contribution in [0.1, 0.15) is 31.9 Å². The molecule has 2 heteroatoms. The molecule has 0 amide bonds. The minimum absolute atomic E-state index is 0.119. The van der Waals surface area contributed by atoms with Crippen LogP contribution in [0.5, 0.6) is 0 Å². The lowest BCUT2D eigenvalue weighted by molar-refractivity contribution is -0.127. The molecule has 0 unspecified atom stereocenters. The van der Waals surface area contributed by atoms with Crippen molar-refractivity contribution in [2.75, 3.05) is 0 Å². The van der Waals surface area contributed by atoms with Crippen LogP contribution in [0.4, 0.5) is 0 Å². The van der Waals surface area contributed by atoms with Gasteiger partial charge in [-0.3, -0.25) is 4.79 Å².